The van der Waals surface area contributed by atoms with Gasteiger partial charge in [0.1, 0.15) is 0 Å². The van der Waals surface area contributed by atoms with Crippen LogP contribution in [0.5, 0.6) is 0 Å². The van der Waals surface area contributed by atoms with Crippen molar-refractivity contribution in [1.29, 1.82) is 0 Å². The predicted molar refractivity (Wildman–Crippen MR) is 54.3 cm³/mol. The van der Waals surface area contributed by atoms with E-state index in [1.54, 1.807) is 0 Å². The summed E-state index contributed by atoms with van der Waals surface area (Å²) in [6, 6.07) is 12.0. The van der Waals surface area contributed by atoms with Gasteiger partial charge in [0.15, 0.2) is 7.05 Å². The van der Waals surface area contributed by atoms with Crippen LogP contribution in [0.15, 0.2) is 36.4 Å². The maximum absolute atomic E-state index is 8.81. The fraction of sp³-hybridized carbons (Fsp3) is 0.333. The van der Waals surface area contributed by atoms with E-state index >= 15 is 0 Å². The Hall–Kier alpha value is -1.42. The van der Waals surface area contributed by atoms with Gasteiger partial charge in [0, 0.05) is 4.92 Å². The van der Waals surface area contributed by atoms with E-state index < -0.39 is 4.92 Å². The second-order valence-corrected chi connectivity index (χ2v) is 2.09. The Morgan fingerprint density at radius 2 is 1.08 bits per heavy atom. The lowest BCUT2D eigenvalue weighted by Gasteiger charge is -1.69. The van der Waals surface area contributed by atoms with Gasteiger partial charge in [-0.15, -0.1) is 0 Å². The van der Waals surface area contributed by atoms with Crippen molar-refractivity contribution in [3.63, 3.8) is 0 Å². The first-order chi connectivity index (χ1) is 6.15. The zero-order valence-electron chi connectivity index (χ0n) is 8.23. The highest BCUT2D eigenvalue weighted by Crippen LogP contribution is 1.79. The van der Waals surface area contributed by atoms with Gasteiger partial charge in [-0.05, 0) is 14.1 Å². The van der Waals surface area contributed by atoms with Crippen LogP contribution < -0.4 is 5.32 Å². The van der Waals surface area contributed by atoms with E-state index in [9.17, 15) is 0 Å². The molecule has 0 bridgehead atoms. The van der Waals surface area contributed by atoms with Crippen molar-refractivity contribution in [3.05, 3.63) is 46.5 Å². The molecular weight excluding hydrogens is 168 g/mol. The second-order valence-electron chi connectivity index (χ2n) is 2.09. The monoisotopic (exact) mass is 184 g/mol. The van der Waals surface area contributed by atoms with Gasteiger partial charge >= 0.3 is 0 Å². The molecule has 1 aromatic carbocycles. The third kappa shape index (κ3) is 37.1. The molecule has 0 amide bonds. The molecule has 13 heavy (non-hydrogen) atoms. The largest absolute Gasteiger partial charge is 0.323 e. The van der Waals surface area contributed by atoms with Crippen molar-refractivity contribution < 1.29 is 4.92 Å². The predicted octanol–water partition coefficient (Wildman–Crippen LogP) is 1.42. The number of nitrogens with one attached hydrogen (secondary N) is 1. The third-order valence-corrected chi connectivity index (χ3v) is 0.667. The maximum atomic E-state index is 8.81. The summed E-state index contributed by atoms with van der Waals surface area (Å²) < 4.78 is 0. The molecule has 0 fully saturated rings. The van der Waals surface area contributed by atoms with Crippen LogP contribution in [0.2, 0.25) is 0 Å². The van der Waals surface area contributed by atoms with Crippen molar-refractivity contribution in [2.24, 2.45) is 0 Å². The van der Waals surface area contributed by atoms with E-state index in [0.29, 0.717) is 0 Å². The topological polar surface area (TPSA) is 55.2 Å². The van der Waals surface area contributed by atoms with E-state index in [4.69, 9.17) is 10.1 Å². The third-order valence-electron chi connectivity index (χ3n) is 0.667. The van der Waals surface area contributed by atoms with Crippen LogP contribution in [0.4, 0.5) is 0 Å². The molecule has 0 aliphatic heterocycles. The molecule has 0 atom stereocenters. The number of nitro groups is 1. The molecule has 74 valence electrons. The van der Waals surface area contributed by atoms with Gasteiger partial charge in [0.05, 0.1) is 0 Å². The van der Waals surface area contributed by atoms with E-state index in [0.717, 1.165) is 7.05 Å². The zero-order chi connectivity index (χ0) is 10.5. The highest BCUT2D eigenvalue weighted by molar-refractivity contribution is 4.99. The molecule has 0 unspecified atom stereocenters. The summed E-state index contributed by atoms with van der Waals surface area (Å²) in [6.45, 7) is 0. The molecule has 0 spiro atoms. The molecule has 0 aromatic heterocycles. The first-order valence-electron chi connectivity index (χ1n) is 3.81. The van der Waals surface area contributed by atoms with E-state index in [2.05, 4.69) is 5.32 Å². The smallest absolute Gasteiger partial charge is 0.194 e. The molecule has 0 heterocycles. The van der Waals surface area contributed by atoms with Crippen LogP contribution in [-0.2, 0) is 0 Å². The fourth-order valence-corrected chi connectivity index (χ4v) is 0.385. The van der Waals surface area contributed by atoms with Crippen molar-refractivity contribution >= 4 is 0 Å². The SMILES string of the molecule is CNC.C[N+](=O)[O-].c1ccccc1. The van der Waals surface area contributed by atoms with Crippen molar-refractivity contribution in [2.75, 3.05) is 21.1 Å². The molecule has 1 rings (SSSR count). The van der Waals surface area contributed by atoms with Gasteiger partial charge in [-0.3, -0.25) is 10.1 Å². The summed E-state index contributed by atoms with van der Waals surface area (Å²) in [7, 11) is 4.64. The molecule has 0 aliphatic rings. The Labute approximate surface area is 78.7 Å². The number of benzene rings is 1. The first-order valence-corrected chi connectivity index (χ1v) is 3.81. The summed E-state index contributed by atoms with van der Waals surface area (Å²) in [5, 5.41) is 11.6. The number of rotatable bonds is 0. The highest BCUT2D eigenvalue weighted by Gasteiger charge is 1.58. The lowest BCUT2D eigenvalue weighted by molar-refractivity contribution is -0.445. The van der Waals surface area contributed by atoms with Gasteiger partial charge < -0.3 is 5.32 Å². The molecule has 0 radical (unpaired) electrons. The average Bonchev–Trinajstić information content (AvgIpc) is 2.08. The lowest BCUT2D eigenvalue weighted by Crippen LogP contribution is -1.89. The second kappa shape index (κ2) is 13.2. The molecule has 4 heteroatoms. The average molecular weight is 184 g/mol. The molecule has 1 aromatic rings. The Bertz CT molecular complexity index is 159. The Morgan fingerprint density at radius 1 is 1.00 bits per heavy atom. The Morgan fingerprint density at radius 3 is 1.15 bits per heavy atom. The maximum Gasteiger partial charge on any atom is 0.194 e. The molecule has 0 saturated heterocycles. The summed E-state index contributed by atoms with van der Waals surface area (Å²) in [5.41, 5.74) is 0. The van der Waals surface area contributed by atoms with Crippen LogP contribution in [0.3, 0.4) is 0 Å². The summed E-state index contributed by atoms with van der Waals surface area (Å²) in [5.74, 6) is 0. The summed E-state index contributed by atoms with van der Waals surface area (Å²) in [6.07, 6.45) is 0. The van der Waals surface area contributed by atoms with Crippen LogP contribution in [0.1, 0.15) is 0 Å². The van der Waals surface area contributed by atoms with Gasteiger partial charge in [0.25, 0.3) is 0 Å². The summed E-state index contributed by atoms with van der Waals surface area (Å²) >= 11 is 0. The van der Waals surface area contributed by atoms with Crippen molar-refractivity contribution in [1.82, 2.24) is 5.32 Å². The molecule has 0 aliphatic carbocycles. The van der Waals surface area contributed by atoms with Gasteiger partial charge in [-0.25, -0.2) is 0 Å². The fourth-order valence-electron chi connectivity index (χ4n) is 0.385. The van der Waals surface area contributed by atoms with Crippen LogP contribution in [0, 0.1) is 10.1 Å². The van der Waals surface area contributed by atoms with E-state index in [-0.39, 0.29) is 0 Å². The minimum Gasteiger partial charge on any atom is -0.323 e. The lowest BCUT2D eigenvalue weighted by atomic mass is 10.4. The standard InChI is InChI=1S/C6H6.C2H7N.CH3NO2/c1-2-4-6-5-3-1;1-3-2;1-2(3)4/h1-6H;3H,1-2H3;1H3. The first kappa shape index (κ1) is 14.1. The van der Waals surface area contributed by atoms with E-state index in [1.165, 1.54) is 0 Å². The minimum atomic E-state index is -0.500. The van der Waals surface area contributed by atoms with Crippen LogP contribution >= 0.6 is 0 Å². The Balaban J connectivity index is 0. The van der Waals surface area contributed by atoms with Crippen LogP contribution in [-0.4, -0.2) is 26.1 Å². The Kier molecular flexibility index (Phi) is 14.3. The molecule has 1 N–H and O–H groups in total. The van der Waals surface area contributed by atoms with Crippen molar-refractivity contribution in [2.45, 2.75) is 0 Å². The van der Waals surface area contributed by atoms with E-state index in [1.807, 2.05) is 50.5 Å². The quantitative estimate of drug-likeness (QED) is 0.490. The number of hydrogen-bond acceptors (Lipinski definition) is 3. The normalized spacial score (nSPS) is 7.00. The van der Waals surface area contributed by atoms with Gasteiger partial charge in [-0.2, -0.15) is 0 Å². The number of nitrogens with zero attached hydrogens (tertiary/aromatic N) is 1. The van der Waals surface area contributed by atoms with Gasteiger partial charge in [0.2, 0.25) is 0 Å². The highest BCUT2D eigenvalue weighted by atomic mass is 16.6. The van der Waals surface area contributed by atoms with Crippen LogP contribution in [0.25, 0.3) is 0 Å². The van der Waals surface area contributed by atoms with Crippen molar-refractivity contribution in [3.8, 4) is 0 Å². The van der Waals surface area contributed by atoms with Gasteiger partial charge in [-0.1, -0.05) is 36.4 Å². The number of hydrogen-bond donors (Lipinski definition) is 1. The molecule has 4 nitrogen and oxygen atoms in total. The zero-order valence-corrected chi connectivity index (χ0v) is 8.23. The molecule has 0 saturated carbocycles. The summed E-state index contributed by atoms with van der Waals surface area (Å²) in [4.78, 5) is 8.31. The molecular formula is C9H16N2O2. The minimum absolute atomic E-state index is 0.500.